The van der Waals surface area contributed by atoms with E-state index in [0.29, 0.717) is 12.5 Å². The zero-order valence-corrected chi connectivity index (χ0v) is 8.05. The summed E-state index contributed by atoms with van der Waals surface area (Å²) >= 11 is 0. The van der Waals surface area contributed by atoms with Crippen LogP contribution in [0.3, 0.4) is 0 Å². The van der Waals surface area contributed by atoms with Gasteiger partial charge in [0.1, 0.15) is 0 Å². The second-order valence-electron chi connectivity index (χ2n) is 3.00. The molecule has 1 amide bonds. The molecule has 0 bridgehead atoms. The predicted octanol–water partition coefficient (Wildman–Crippen LogP) is 2.04. The Labute approximate surface area is 69.6 Å². The lowest BCUT2D eigenvalue weighted by Crippen LogP contribution is -2.34. The predicted molar refractivity (Wildman–Crippen MR) is 47.4 cm³/mol. The van der Waals surface area contributed by atoms with Gasteiger partial charge in [-0.2, -0.15) is 0 Å². The largest absolute Gasteiger partial charge is 0.343 e. The highest BCUT2D eigenvalue weighted by Crippen LogP contribution is 2.04. The van der Waals surface area contributed by atoms with Crippen molar-refractivity contribution in [3.05, 3.63) is 0 Å². The van der Waals surface area contributed by atoms with Gasteiger partial charge in [-0.1, -0.05) is 20.3 Å². The fourth-order valence-corrected chi connectivity index (χ4v) is 1.11. The second-order valence-corrected chi connectivity index (χ2v) is 3.00. The summed E-state index contributed by atoms with van der Waals surface area (Å²) in [6, 6.07) is 0.396. The third-order valence-electron chi connectivity index (χ3n) is 2.06. The average Bonchev–Trinajstić information content (AvgIpc) is 2.02. The summed E-state index contributed by atoms with van der Waals surface area (Å²) in [7, 11) is 1.88. The van der Waals surface area contributed by atoms with E-state index in [4.69, 9.17) is 0 Å². The first-order chi connectivity index (χ1) is 5.13. The Balaban J connectivity index is 3.80. The van der Waals surface area contributed by atoms with Crippen LogP contribution < -0.4 is 0 Å². The minimum atomic E-state index is 0.242. The summed E-state index contributed by atoms with van der Waals surface area (Å²) in [6.07, 6.45) is 2.86. The zero-order valence-electron chi connectivity index (χ0n) is 8.05. The number of hydrogen-bond acceptors (Lipinski definition) is 1. The molecule has 0 heterocycles. The molecule has 0 spiro atoms. The highest BCUT2D eigenvalue weighted by Gasteiger charge is 2.11. The molecule has 0 N–H and O–H groups in total. The van der Waals surface area contributed by atoms with Crippen molar-refractivity contribution >= 4 is 5.91 Å². The summed E-state index contributed by atoms with van der Waals surface area (Å²) in [5.74, 6) is 0.242. The van der Waals surface area contributed by atoms with E-state index >= 15 is 0 Å². The van der Waals surface area contributed by atoms with Crippen LogP contribution >= 0.6 is 0 Å². The molecule has 0 aliphatic heterocycles. The summed E-state index contributed by atoms with van der Waals surface area (Å²) < 4.78 is 0. The Kier molecular flexibility index (Phi) is 4.92. The summed E-state index contributed by atoms with van der Waals surface area (Å²) in [6.45, 7) is 6.13. The first-order valence-corrected chi connectivity index (χ1v) is 4.39. The Bertz CT molecular complexity index is 123. The molecule has 2 heteroatoms. The summed E-state index contributed by atoms with van der Waals surface area (Å²) in [5.41, 5.74) is 0. The van der Waals surface area contributed by atoms with Crippen molar-refractivity contribution in [2.24, 2.45) is 0 Å². The fourth-order valence-electron chi connectivity index (χ4n) is 1.11. The van der Waals surface area contributed by atoms with Gasteiger partial charge in [-0.25, -0.2) is 0 Å². The molecular weight excluding hydrogens is 138 g/mol. The molecule has 0 rings (SSSR count). The number of rotatable bonds is 4. The van der Waals surface area contributed by atoms with E-state index in [1.54, 1.807) is 0 Å². The second kappa shape index (κ2) is 5.16. The molecule has 0 aromatic rings. The molecule has 0 aromatic heterocycles. The van der Waals surface area contributed by atoms with E-state index < -0.39 is 0 Å². The minimum absolute atomic E-state index is 0.242. The summed E-state index contributed by atoms with van der Waals surface area (Å²) in [4.78, 5) is 13.0. The first-order valence-electron chi connectivity index (χ1n) is 4.39. The van der Waals surface area contributed by atoms with Crippen molar-refractivity contribution in [2.75, 3.05) is 7.05 Å². The first kappa shape index (κ1) is 10.5. The van der Waals surface area contributed by atoms with Gasteiger partial charge in [-0.3, -0.25) is 4.79 Å². The Morgan fingerprint density at radius 1 is 1.45 bits per heavy atom. The molecule has 11 heavy (non-hydrogen) atoms. The SMILES string of the molecule is CCC[C@H](C)N(C)C(=O)CC. The lowest BCUT2D eigenvalue weighted by atomic mass is 10.1. The topological polar surface area (TPSA) is 20.3 Å². The van der Waals surface area contributed by atoms with Crippen LogP contribution in [0.25, 0.3) is 0 Å². The van der Waals surface area contributed by atoms with Gasteiger partial charge in [0.05, 0.1) is 0 Å². The maximum atomic E-state index is 11.2. The maximum absolute atomic E-state index is 11.2. The molecule has 2 nitrogen and oxygen atoms in total. The van der Waals surface area contributed by atoms with E-state index in [0.717, 1.165) is 12.8 Å². The molecule has 66 valence electrons. The van der Waals surface area contributed by atoms with E-state index in [9.17, 15) is 4.79 Å². The zero-order chi connectivity index (χ0) is 8.85. The number of amides is 1. The summed E-state index contributed by atoms with van der Waals surface area (Å²) in [5, 5.41) is 0. The van der Waals surface area contributed by atoms with Crippen LogP contribution in [0.1, 0.15) is 40.0 Å². The molecule has 0 aliphatic carbocycles. The van der Waals surface area contributed by atoms with Gasteiger partial charge < -0.3 is 4.90 Å². The van der Waals surface area contributed by atoms with Crippen LogP contribution in [0, 0.1) is 0 Å². The van der Waals surface area contributed by atoms with Gasteiger partial charge in [0, 0.05) is 19.5 Å². The monoisotopic (exact) mass is 157 g/mol. The fraction of sp³-hybridized carbons (Fsp3) is 0.889. The van der Waals surface area contributed by atoms with Gasteiger partial charge in [-0.15, -0.1) is 0 Å². The molecule has 0 fully saturated rings. The Morgan fingerprint density at radius 3 is 2.36 bits per heavy atom. The van der Waals surface area contributed by atoms with E-state index in [-0.39, 0.29) is 5.91 Å². The van der Waals surface area contributed by atoms with Crippen LogP contribution in [-0.4, -0.2) is 23.9 Å². The van der Waals surface area contributed by atoms with E-state index in [2.05, 4.69) is 13.8 Å². The maximum Gasteiger partial charge on any atom is 0.222 e. The van der Waals surface area contributed by atoms with Crippen molar-refractivity contribution < 1.29 is 4.79 Å². The Morgan fingerprint density at radius 2 is 2.00 bits per heavy atom. The third-order valence-corrected chi connectivity index (χ3v) is 2.06. The lowest BCUT2D eigenvalue weighted by Gasteiger charge is -2.23. The normalized spacial score (nSPS) is 12.7. The van der Waals surface area contributed by atoms with Gasteiger partial charge in [0.25, 0.3) is 0 Å². The number of nitrogens with zero attached hydrogens (tertiary/aromatic N) is 1. The van der Waals surface area contributed by atoms with Crippen molar-refractivity contribution in [1.82, 2.24) is 4.90 Å². The molecule has 0 saturated heterocycles. The van der Waals surface area contributed by atoms with Crippen LogP contribution in [0.5, 0.6) is 0 Å². The van der Waals surface area contributed by atoms with E-state index in [1.165, 1.54) is 0 Å². The van der Waals surface area contributed by atoms with Crippen molar-refractivity contribution in [3.8, 4) is 0 Å². The number of hydrogen-bond donors (Lipinski definition) is 0. The average molecular weight is 157 g/mol. The van der Waals surface area contributed by atoms with E-state index in [1.807, 2.05) is 18.9 Å². The van der Waals surface area contributed by atoms with Crippen molar-refractivity contribution in [2.45, 2.75) is 46.1 Å². The van der Waals surface area contributed by atoms with Crippen molar-refractivity contribution in [3.63, 3.8) is 0 Å². The van der Waals surface area contributed by atoms with Gasteiger partial charge in [0.15, 0.2) is 0 Å². The van der Waals surface area contributed by atoms with Gasteiger partial charge in [-0.05, 0) is 13.3 Å². The molecule has 0 unspecified atom stereocenters. The van der Waals surface area contributed by atoms with Crippen LogP contribution in [0.15, 0.2) is 0 Å². The minimum Gasteiger partial charge on any atom is -0.343 e. The molecular formula is C9H19NO. The highest BCUT2D eigenvalue weighted by atomic mass is 16.2. The third kappa shape index (κ3) is 3.40. The molecule has 0 aliphatic rings. The molecule has 0 aromatic carbocycles. The standard InChI is InChI=1S/C9H19NO/c1-5-7-8(3)10(4)9(11)6-2/h8H,5-7H2,1-4H3/t8-/m0/s1. The van der Waals surface area contributed by atoms with Crippen molar-refractivity contribution in [1.29, 1.82) is 0 Å². The molecule has 0 radical (unpaired) electrons. The molecule has 1 atom stereocenters. The molecule has 0 saturated carbocycles. The highest BCUT2D eigenvalue weighted by molar-refractivity contribution is 5.75. The van der Waals surface area contributed by atoms with Gasteiger partial charge >= 0.3 is 0 Å². The Hall–Kier alpha value is -0.530. The van der Waals surface area contributed by atoms with Gasteiger partial charge in [0.2, 0.25) is 5.91 Å². The quantitative estimate of drug-likeness (QED) is 0.611. The number of carbonyl (C=O) groups excluding carboxylic acids is 1. The van der Waals surface area contributed by atoms with Crippen LogP contribution in [0.2, 0.25) is 0 Å². The van der Waals surface area contributed by atoms with Crippen LogP contribution in [0.4, 0.5) is 0 Å². The smallest absolute Gasteiger partial charge is 0.222 e. The lowest BCUT2D eigenvalue weighted by molar-refractivity contribution is -0.131. The number of carbonyl (C=O) groups is 1. The van der Waals surface area contributed by atoms with Crippen LogP contribution in [-0.2, 0) is 4.79 Å².